The van der Waals surface area contributed by atoms with Crippen LogP contribution in [0.3, 0.4) is 0 Å². The fourth-order valence-corrected chi connectivity index (χ4v) is 2.56. The van der Waals surface area contributed by atoms with Gasteiger partial charge in [0.2, 0.25) is 5.91 Å². The minimum absolute atomic E-state index is 0.0769. The molecular weight excluding hydrogens is 370 g/mol. The van der Waals surface area contributed by atoms with Gasteiger partial charge >= 0.3 is 6.61 Å². The number of amides is 2. The second kappa shape index (κ2) is 9.68. The number of carbonyl (C=O) groups is 2. The van der Waals surface area contributed by atoms with Gasteiger partial charge in [-0.3, -0.25) is 9.59 Å². The second-order valence-electron chi connectivity index (χ2n) is 6.29. The maximum Gasteiger partial charge on any atom is 0.387 e. The van der Waals surface area contributed by atoms with Crippen LogP contribution in [0.4, 0.5) is 14.5 Å². The van der Waals surface area contributed by atoms with E-state index in [-0.39, 0.29) is 17.4 Å². The fourth-order valence-electron chi connectivity index (χ4n) is 2.56. The minimum atomic E-state index is -2.96. The Labute approximate surface area is 161 Å². The SMILES string of the molecule is COc1ccccc1C(=O)NC(C(=O)Nc1cccc(OC(F)F)c1)C(C)C. The molecule has 0 saturated carbocycles. The summed E-state index contributed by atoms with van der Waals surface area (Å²) in [5, 5.41) is 5.30. The Hall–Kier alpha value is -3.16. The van der Waals surface area contributed by atoms with E-state index in [1.165, 1.54) is 31.4 Å². The zero-order chi connectivity index (χ0) is 20.7. The van der Waals surface area contributed by atoms with Crippen LogP contribution in [0, 0.1) is 5.92 Å². The number of para-hydroxylation sites is 1. The van der Waals surface area contributed by atoms with Crippen molar-refractivity contribution in [3.05, 3.63) is 54.1 Å². The van der Waals surface area contributed by atoms with Gasteiger partial charge in [0.05, 0.1) is 12.7 Å². The van der Waals surface area contributed by atoms with Crippen molar-refractivity contribution < 1.29 is 27.8 Å². The number of hydrogen-bond acceptors (Lipinski definition) is 4. The molecule has 2 rings (SSSR count). The summed E-state index contributed by atoms with van der Waals surface area (Å²) in [5.41, 5.74) is 0.580. The van der Waals surface area contributed by atoms with Gasteiger partial charge in [-0.1, -0.05) is 32.0 Å². The molecule has 0 bridgehead atoms. The molecule has 0 heterocycles. The number of benzene rings is 2. The molecule has 0 saturated heterocycles. The number of halogens is 2. The van der Waals surface area contributed by atoms with Crippen molar-refractivity contribution in [1.82, 2.24) is 5.32 Å². The Morgan fingerprint density at radius 3 is 2.39 bits per heavy atom. The smallest absolute Gasteiger partial charge is 0.387 e. The summed E-state index contributed by atoms with van der Waals surface area (Å²) >= 11 is 0. The van der Waals surface area contributed by atoms with E-state index in [1.807, 2.05) is 0 Å². The molecule has 6 nitrogen and oxygen atoms in total. The maximum atomic E-state index is 12.7. The molecule has 1 unspecified atom stereocenters. The summed E-state index contributed by atoms with van der Waals surface area (Å²) in [6, 6.07) is 11.5. The molecule has 0 aliphatic carbocycles. The van der Waals surface area contributed by atoms with Gasteiger partial charge in [0.15, 0.2) is 0 Å². The third kappa shape index (κ3) is 5.67. The quantitative estimate of drug-likeness (QED) is 0.718. The molecule has 150 valence electrons. The highest BCUT2D eigenvalue weighted by molar-refractivity contribution is 6.02. The Balaban J connectivity index is 2.13. The third-order valence-corrected chi connectivity index (χ3v) is 3.91. The fraction of sp³-hybridized carbons (Fsp3) is 0.300. The average Bonchev–Trinajstić information content (AvgIpc) is 2.65. The van der Waals surface area contributed by atoms with E-state index in [0.717, 1.165) is 0 Å². The van der Waals surface area contributed by atoms with Gasteiger partial charge in [-0.05, 0) is 30.2 Å². The third-order valence-electron chi connectivity index (χ3n) is 3.91. The van der Waals surface area contributed by atoms with Crippen LogP contribution in [0.5, 0.6) is 11.5 Å². The van der Waals surface area contributed by atoms with Gasteiger partial charge in [0, 0.05) is 11.8 Å². The lowest BCUT2D eigenvalue weighted by molar-refractivity contribution is -0.118. The Kier molecular flexibility index (Phi) is 7.31. The van der Waals surface area contributed by atoms with E-state index in [4.69, 9.17) is 4.74 Å². The lowest BCUT2D eigenvalue weighted by Crippen LogP contribution is -2.47. The first-order valence-corrected chi connectivity index (χ1v) is 8.61. The zero-order valence-electron chi connectivity index (χ0n) is 15.7. The number of carbonyl (C=O) groups excluding carboxylic acids is 2. The van der Waals surface area contributed by atoms with Crippen molar-refractivity contribution in [3.8, 4) is 11.5 Å². The average molecular weight is 392 g/mol. The predicted molar refractivity (Wildman–Crippen MR) is 101 cm³/mol. The monoisotopic (exact) mass is 392 g/mol. The highest BCUT2D eigenvalue weighted by atomic mass is 19.3. The number of alkyl halides is 2. The Morgan fingerprint density at radius 1 is 1.04 bits per heavy atom. The van der Waals surface area contributed by atoms with Crippen molar-refractivity contribution in [2.24, 2.45) is 5.92 Å². The van der Waals surface area contributed by atoms with Crippen LogP contribution in [-0.2, 0) is 4.79 Å². The summed E-state index contributed by atoms with van der Waals surface area (Å²) in [7, 11) is 1.45. The van der Waals surface area contributed by atoms with Crippen molar-refractivity contribution in [3.63, 3.8) is 0 Å². The van der Waals surface area contributed by atoms with Gasteiger partial charge < -0.3 is 20.1 Å². The Morgan fingerprint density at radius 2 is 1.75 bits per heavy atom. The van der Waals surface area contributed by atoms with Crippen LogP contribution in [0.15, 0.2) is 48.5 Å². The minimum Gasteiger partial charge on any atom is -0.496 e. The highest BCUT2D eigenvalue weighted by Gasteiger charge is 2.26. The van der Waals surface area contributed by atoms with Crippen LogP contribution >= 0.6 is 0 Å². The van der Waals surface area contributed by atoms with Crippen LogP contribution < -0.4 is 20.1 Å². The van der Waals surface area contributed by atoms with Crippen molar-refractivity contribution in [1.29, 1.82) is 0 Å². The van der Waals surface area contributed by atoms with Crippen molar-refractivity contribution in [2.75, 3.05) is 12.4 Å². The summed E-state index contributed by atoms with van der Waals surface area (Å²) in [5.74, 6) is -0.848. The number of ether oxygens (including phenoxy) is 2. The molecule has 0 fully saturated rings. The summed E-state index contributed by atoms with van der Waals surface area (Å²) in [4.78, 5) is 25.3. The molecule has 2 N–H and O–H groups in total. The van der Waals surface area contributed by atoms with Crippen LogP contribution in [0.2, 0.25) is 0 Å². The van der Waals surface area contributed by atoms with E-state index in [1.54, 1.807) is 38.1 Å². The molecule has 2 aromatic carbocycles. The molecular formula is C20H22F2N2O4. The van der Waals surface area contributed by atoms with Gasteiger partial charge in [-0.25, -0.2) is 0 Å². The molecule has 0 aliphatic rings. The number of anilines is 1. The molecule has 2 aromatic rings. The molecule has 8 heteroatoms. The predicted octanol–water partition coefficient (Wildman–Crippen LogP) is 3.69. The standard InChI is InChI=1S/C20H22F2N2O4/c1-12(2)17(24-18(25)15-9-4-5-10-16(15)27-3)19(26)23-13-7-6-8-14(11-13)28-20(21)22/h4-12,17,20H,1-3H3,(H,23,26)(H,24,25). The van der Waals surface area contributed by atoms with E-state index in [0.29, 0.717) is 11.3 Å². The van der Waals surface area contributed by atoms with Gasteiger partial charge in [-0.15, -0.1) is 0 Å². The number of methoxy groups -OCH3 is 1. The summed E-state index contributed by atoms with van der Waals surface area (Å²) in [6.45, 7) is 0.598. The number of rotatable bonds is 8. The first-order valence-electron chi connectivity index (χ1n) is 8.61. The van der Waals surface area contributed by atoms with Crippen LogP contribution in [-0.4, -0.2) is 31.6 Å². The molecule has 0 aromatic heterocycles. The van der Waals surface area contributed by atoms with Gasteiger partial charge in [-0.2, -0.15) is 8.78 Å². The lowest BCUT2D eigenvalue weighted by Gasteiger charge is -2.22. The topological polar surface area (TPSA) is 76.7 Å². The number of hydrogen-bond donors (Lipinski definition) is 2. The van der Waals surface area contributed by atoms with Crippen molar-refractivity contribution in [2.45, 2.75) is 26.5 Å². The first-order chi connectivity index (χ1) is 13.3. The largest absolute Gasteiger partial charge is 0.496 e. The lowest BCUT2D eigenvalue weighted by atomic mass is 10.0. The van der Waals surface area contributed by atoms with E-state index in [9.17, 15) is 18.4 Å². The van der Waals surface area contributed by atoms with Crippen LogP contribution in [0.25, 0.3) is 0 Å². The molecule has 0 aliphatic heterocycles. The summed E-state index contributed by atoms with van der Waals surface area (Å²) in [6.07, 6.45) is 0. The van der Waals surface area contributed by atoms with Crippen molar-refractivity contribution >= 4 is 17.5 Å². The van der Waals surface area contributed by atoms with Gasteiger partial charge in [0.1, 0.15) is 17.5 Å². The molecule has 1 atom stereocenters. The zero-order valence-corrected chi connectivity index (χ0v) is 15.7. The normalized spacial score (nSPS) is 11.8. The molecule has 28 heavy (non-hydrogen) atoms. The number of nitrogens with one attached hydrogen (secondary N) is 2. The molecule has 2 amide bonds. The van der Waals surface area contributed by atoms with E-state index in [2.05, 4.69) is 15.4 Å². The molecule has 0 radical (unpaired) electrons. The Bertz CT molecular complexity index is 827. The molecule has 0 spiro atoms. The second-order valence-corrected chi connectivity index (χ2v) is 6.29. The van der Waals surface area contributed by atoms with Gasteiger partial charge in [0.25, 0.3) is 5.91 Å². The highest BCUT2D eigenvalue weighted by Crippen LogP contribution is 2.21. The van der Waals surface area contributed by atoms with E-state index < -0.39 is 24.5 Å². The summed E-state index contributed by atoms with van der Waals surface area (Å²) < 4.78 is 34.2. The maximum absolute atomic E-state index is 12.7. The van der Waals surface area contributed by atoms with E-state index >= 15 is 0 Å². The first kappa shape index (κ1) is 21.1. The van der Waals surface area contributed by atoms with Crippen LogP contribution in [0.1, 0.15) is 24.2 Å².